The number of carbonyl (C=O) groups excluding carboxylic acids is 3. The molecular weight excluding hydrogens is 568 g/mol. The van der Waals surface area contributed by atoms with Gasteiger partial charge in [-0.15, -0.1) is 0 Å². The summed E-state index contributed by atoms with van der Waals surface area (Å²) < 4.78 is 23.5. The summed E-state index contributed by atoms with van der Waals surface area (Å²) in [5.41, 5.74) is 1.66. The van der Waals surface area contributed by atoms with Crippen LogP contribution in [0.1, 0.15) is 37.4 Å². The largest absolute Gasteiger partial charge is 0.466 e. The van der Waals surface area contributed by atoms with Crippen molar-refractivity contribution in [3.63, 3.8) is 0 Å². The van der Waals surface area contributed by atoms with Crippen molar-refractivity contribution in [1.82, 2.24) is 0 Å². The number of rotatable bonds is 12. The van der Waals surface area contributed by atoms with E-state index in [1.165, 1.54) is 7.11 Å². The molecule has 0 aromatic heterocycles. The van der Waals surface area contributed by atoms with Crippen LogP contribution in [0.2, 0.25) is 0 Å². The molecule has 0 saturated carbocycles. The van der Waals surface area contributed by atoms with Gasteiger partial charge < -0.3 is 18.9 Å². The van der Waals surface area contributed by atoms with E-state index in [0.717, 1.165) is 16.7 Å². The molecule has 5 rings (SSSR count). The topological polar surface area (TPSA) is 88.1 Å². The number of hydrogen-bond acceptors (Lipinski definition) is 7. The summed E-state index contributed by atoms with van der Waals surface area (Å²) in [5.74, 6) is -2.41. The fraction of sp³-hybridized carbons (Fsp3) is 0.132. The lowest BCUT2D eigenvalue weighted by Gasteiger charge is -2.37. The second kappa shape index (κ2) is 14.8. The maximum atomic E-state index is 13.4. The van der Waals surface area contributed by atoms with E-state index in [2.05, 4.69) is 0 Å². The van der Waals surface area contributed by atoms with Crippen molar-refractivity contribution in [2.75, 3.05) is 13.7 Å². The Morgan fingerprint density at radius 2 is 0.889 bits per heavy atom. The Morgan fingerprint density at radius 3 is 1.27 bits per heavy atom. The van der Waals surface area contributed by atoms with Crippen LogP contribution >= 0.6 is 0 Å². The Hall–Kier alpha value is -5.53. The van der Waals surface area contributed by atoms with Crippen LogP contribution in [-0.2, 0) is 29.3 Å². The lowest BCUT2D eigenvalue weighted by atomic mass is 9.80. The van der Waals surface area contributed by atoms with Gasteiger partial charge in [0.25, 0.3) is 0 Å². The summed E-state index contributed by atoms with van der Waals surface area (Å²) in [5, 5.41) is 0. The van der Waals surface area contributed by atoms with E-state index in [-0.39, 0.29) is 17.7 Å². The minimum atomic E-state index is -1.64. The van der Waals surface area contributed by atoms with Gasteiger partial charge in [-0.2, -0.15) is 0 Å². The minimum absolute atomic E-state index is 0.215. The van der Waals surface area contributed by atoms with Crippen molar-refractivity contribution in [1.29, 1.82) is 0 Å². The Bertz CT molecular complexity index is 1580. The summed E-state index contributed by atoms with van der Waals surface area (Å²) in [6.07, 6.45) is -3.04. The lowest BCUT2D eigenvalue weighted by Crippen LogP contribution is -2.46. The van der Waals surface area contributed by atoms with Crippen LogP contribution < -0.4 is 0 Å². The zero-order valence-electron chi connectivity index (χ0n) is 24.7. The molecule has 0 N–H and O–H groups in total. The first-order valence-corrected chi connectivity index (χ1v) is 14.4. The standard InChI is InChI=1S/C38H32O7/c1-42-37(41)34(45-36(40)29-19-9-3-10-20-29)33(44-35(39)28-17-7-2-8-18-28)27-43-38(30-21-11-4-12-22-30,31-23-13-5-14-24-31)32-25-15-6-16-26-32/h2-26,33-34H,27H2,1H3/t33-,34-/m1/s1. The third-order valence-electron chi connectivity index (χ3n) is 7.29. The maximum absolute atomic E-state index is 13.4. The van der Waals surface area contributed by atoms with Crippen LogP contribution in [0.5, 0.6) is 0 Å². The zero-order valence-corrected chi connectivity index (χ0v) is 24.7. The molecule has 0 aliphatic rings. The molecule has 0 saturated heterocycles. The first kappa shape index (κ1) is 30.9. The van der Waals surface area contributed by atoms with Crippen molar-refractivity contribution in [3.05, 3.63) is 179 Å². The van der Waals surface area contributed by atoms with Crippen molar-refractivity contribution in [2.24, 2.45) is 0 Å². The average Bonchev–Trinajstić information content (AvgIpc) is 3.12. The van der Waals surface area contributed by atoms with Gasteiger partial charge in [0.15, 0.2) is 6.10 Å². The highest BCUT2D eigenvalue weighted by Crippen LogP contribution is 2.40. The molecule has 45 heavy (non-hydrogen) atoms. The number of hydrogen-bond donors (Lipinski definition) is 0. The predicted octanol–water partition coefficient (Wildman–Crippen LogP) is 6.62. The first-order valence-electron chi connectivity index (χ1n) is 14.4. The summed E-state index contributed by atoms with van der Waals surface area (Å²) in [6, 6.07) is 45.4. The van der Waals surface area contributed by atoms with Gasteiger partial charge in [-0.05, 0) is 41.0 Å². The molecule has 0 heterocycles. The van der Waals surface area contributed by atoms with E-state index in [9.17, 15) is 14.4 Å². The predicted molar refractivity (Wildman–Crippen MR) is 168 cm³/mol. The highest BCUT2D eigenvalue weighted by atomic mass is 16.6. The highest BCUT2D eigenvalue weighted by molar-refractivity contribution is 5.92. The Kier molecular flexibility index (Phi) is 10.1. The van der Waals surface area contributed by atoms with Crippen LogP contribution in [0.3, 0.4) is 0 Å². The Balaban J connectivity index is 1.59. The van der Waals surface area contributed by atoms with Crippen molar-refractivity contribution in [2.45, 2.75) is 17.8 Å². The molecule has 226 valence electrons. The molecule has 7 nitrogen and oxygen atoms in total. The van der Waals surface area contributed by atoms with Gasteiger partial charge in [0.1, 0.15) is 5.60 Å². The van der Waals surface area contributed by atoms with Crippen LogP contribution in [0, 0.1) is 0 Å². The second-order valence-electron chi connectivity index (χ2n) is 10.1. The monoisotopic (exact) mass is 600 g/mol. The fourth-order valence-corrected chi connectivity index (χ4v) is 5.09. The molecule has 0 aliphatic heterocycles. The van der Waals surface area contributed by atoms with E-state index in [0.29, 0.717) is 0 Å². The molecule has 0 bridgehead atoms. The van der Waals surface area contributed by atoms with Crippen LogP contribution in [0.15, 0.2) is 152 Å². The lowest BCUT2D eigenvalue weighted by molar-refractivity contribution is -0.162. The van der Waals surface area contributed by atoms with Gasteiger partial charge >= 0.3 is 17.9 Å². The molecule has 0 spiro atoms. The first-order chi connectivity index (χ1) is 22.0. The summed E-state index contributed by atoms with van der Waals surface area (Å²) in [7, 11) is 1.17. The van der Waals surface area contributed by atoms with Crippen LogP contribution in [-0.4, -0.2) is 43.8 Å². The van der Waals surface area contributed by atoms with Crippen molar-refractivity contribution >= 4 is 17.9 Å². The molecule has 5 aromatic rings. The van der Waals surface area contributed by atoms with Gasteiger partial charge in [-0.25, -0.2) is 14.4 Å². The van der Waals surface area contributed by atoms with Crippen molar-refractivity contribution in [3.8, 4) is 0 Å². The summed E-state index contributed by atoms with van der Waals surface area (Å²) >= 11 is 0. The number of benzene rings is 5. The van der Waals surface area contributed by atoms with Gasteiger partial charge in [-0.3, -0.25) is 0 Å². The van der Waals surface area contributed by atoms with E-state index in [1.807, 2.05) is 91.0 Å². The van der Waals surface area contributed by atoms with Crippen LogP contribution in [0.4, 0.5) is 0 Å². The molecule has 0 fully saturated rings. The number of carbonyl (C=O) groups is 3. The van der Waals surface area contributed by atoms with Gasteiger partial charge in [0.2, 0.25) is 6.10 Å². The van der Waals surface area contributed by atoms with E-state index >= 15 is 0 Å². The van der Waals surface area contributed by atoms with Gasteiger partial charge in [0, 0.05) is 0 Å². The second-order valence-corrected chi connectivity index (χ2v) is 10.1. The molecule has 0 radical (unpaired) electrons. The van der Waals surface area contributed by atoms with E-state index in [4.69, 9.17) is 18.9 Å². The minimum Gasteiger partial charge on any atom is -0.466 e. The number of esters is 3. The molecular formula is C38H32O7. The fourth-order valence-electron chi connectivity index (χ4n) is 5.09. The molecule has 0 unspecified atom stereocenters. The number of ether oxygens (including phenoxy) is 4. The normalized spacial score (nSPS) is 12.4. The van der Waals surface area contributed by atoms with E-state index in [1.54, 1.807) is 60.7 Å². The molecule has 7 heteroatoms. The zero-order chi connectivity index (χ0) is 31.5. The van der Waals surface area contributed by atoms with Gasteiger partial charge in [0.05, 0.1) is 24.8 Å². The maximum Gasteiger partial charge on any atom is 0.351 e. The number of methoxy groups -OCH3 is 1. The summed E-state index contributed by atoms with van der Waals surface area (Å²) in [6.45, 7) is -0.348. The highest BCUT2D eigenvalue weighted by Gasteiger charge is 2.42. The smallest absolute Gasteiger partial charge is 0.351 e. The average molecular weight is 601 g/mol. The Morgan fingerprint density at radius 1 is 0.533 bits per heavy atom. The van der Waals surface area contributed by atoms with Crippen molar-refractivity contribution < 1.29 is 33.3 Å². The molecule has 2 atom stereocenters. The third-order valence-corrected chi connectivity index (χ3v) is 7.29. The SMILES string of the molecule is COC(=O)[C@H](OC(=O)c1ccccc1)[C@@H](COC(c1ccccc1)(c1ccccc1)c1ccccc1)OC(=O)c1ccccc1. The molecule has 5 aromatic carbocycles. The summed E-state index contributed by atoms with van der Waals surface area (Å²) in [4.78, 5) is 39.8. The quantitative estimate of drug-likeness (QED) is 0.0904. The van der Waals surface area contributed by atoms with Gasteiger partial charge in [-0.1, -0.05) is 127 Å². The molecule has 0 amide bonds. The molecule has 0 aliphatic carbocycles. The Labute approximate surface area is 262 Å². The van der Waals surface area contributed by atoms with E-state index < -0.39 is 35.7 Å². The van der Waals surface area contributed by atoms with Crippen LogP contribution in [0.25, 0.3) is 0 Å². The third kappa shape index (κ3) is 7.17.